The average Bonchev–Trinajstić information content (AvgIpc) is 2.71. The molecule has 1 unspecified atom stereocenters. The average molecular weight is 397 g/mol. The zero-order valence-electron chi connectivity index (χ0n) is 18.2. The Bertz CT molecular complexity index is 820. The summed E-state index contributed by atoms with van der Waals surface area (Å²) in [4.78, 5) is 26.2. The zero-order chi connectivity index (χ0) is 21.4. The maximum atomic E-state index is 12.8. The molecule has 2 rings (SSSR count). The number of nitrogens with one attached hydrogen (secondary N) is 3. The van der Waals surface area contributed by atoms with Crippen molar-refractivity contribution in [2.75, 3.05) is 18.9 Å². The van der Waals surface area contributed by atoms with Crippen molar-refractivity contribution in [2.24, 2.45) is 0 Å². The SMILES string of the molecule is CCC[C@@H](NC(=O)[C@H](C)[NH+](C)CC(=O)Nc1cccc(C)c1C)c1ccccc1. The van der Waals surface area contributed by atoms with Gasteiger partial charge in [-0.3, -0.25) is 9.59 Å². The molecule has 0 aliphatic rings. The van der Waals surface area contributed by atoms with Gasteiger partial charge < -0.3 is 15.5 Å². The largest absolute Gasteiger partial charge is 0.344 e. The third-order valence-corrected chi connectivity index (χ3v) is 5.55. The van der Waals surface area contributed by atoms with Crippen molar-refractivity contribution in [1.82, 2.24) is 5.32 Å². The lowest BCUT2D eigenvalue weighted by atomic mass is 10.0. The van der Waals surface area contributed by atoms with Crippen LogP contribution in [0.4, 0.5) is 5.69 Å². The van der Waals surface area contributed by atoms with Gasteiger partial charge in [-0.1, -0.05) is 55.8 Å². The van der Waals surface area contributed by atoms with Gasteiger partial charge in [0.2, 0.25) is 0 Å². The molecule has 2 aromatic rings. The number of carbonyl (C=O) groups excluding carboxylic acids is 2. The lowest BCUT2D eigenvalue weighted by Crippen LogP contribution is -3.15. The molecule has 0 saturated heterocycles. The van der Waals surface area contributed by atoms with Gasteiger partial charge >= 0.3 is 0 Å². The number of rotatable bonds is 9. The van der Waals surface area contributed by atoms with Gasteiger partial charge in [0.15, 0.2) is 12.6 Å². The molecular weight excluding hydrogens is 362 g/mol. The molecule has 0 aliphatic heterocycles. The quantitative estimate of drug-likeness (QED) is 0.610. The summed E-state index contributed by atoms with van der Waals surface area (Å²) in [5.74, 6) is -0.131. The van der Waals surface area contributed by atoms with Crippen molar-refractivity contribution >= 4 is 17.5 Å². The Labute approximate surface area is 174 Å². The smallest absolute Gasteiger partial charge is 0.279 e. The van der Waals surface area contributed by atoms with Crippen LogP contribution in [0.3, 0.4) is 0 Å². The van der Waals surface area contributed by atoms with E-state index in [9.17, 15) is 9.59 Å². The maximum absolute atomic E-state index is 12.8. The Morgan fingerprint density at radius 2 is 1.72 bits per heavy atom. The Balaban J connectivity index is 1.95. The highest BCUT2D eigenvalue weighted by molar-refractivity contribution is 5.92. The van der Waals surface area contributed by atoms with Crippen LogP contribution < -0.4 is 15.5 Å². The van der Waals surface area contributed by atoms with Crippen LogP contribution in [0.5, 0.6) is 0 Å². The first-order valence-electron chi connectivity index (χ1n) is 10.4. The third kappa shape index (κ3) is 6.43. The number of amides is 2. The van der Waals surface area contributed by atoms with E-state index in [2.05, 4.69) is 17.6 Å². The molecule has 0 spiro atoms. The van der Waals surface area contributed by atoms with Gasteiger partial charge in [0.25, 0.3) is 11.8 Å². The lowest BCUT2D eigenvalue weighted by molar-refractivity contribution is -0.885. The van der Waals surface area contributed by atoms with E-state index in [0.29, 0.717) is 0 Å². The molecule has 29 heavy (non-hydrogen) atoms. The van der Waals surface area contributed by atoms with Crippen LogP contribution in [-0.4, -0.2) is 31.4 Å². The molecule has 5 heteroatoms. The topological polar surface area (TPSA) is 62.6 Å². The molecule has 0 saturated carbocycles. The monoisotopic (exact) mass is 396 g/mol. The van der Waals surface area contributed by atoms with E-state index in [-0.39, 0.29) is 30.4 Å². The Morgan fingerprint density at radius 3 is 2.38 bits per heavy atom. The van der Waals surface area contributed by atoms with Gasteiger partial charge in [-0.25, -0.2) is 0 Å². The molecule has 2 amide bonds. The van der Waals surface area contributed by atoms with Gasteiger partial charge in [0.05, 0.1) is 13.1 Å². The molecule has 0 aliphatic carbocycles. The number of anilines is 1. The Hall–Kier alpha value is -2.66. The van der Waals surface area contributed by atoms with Gasteiger partial charge in [-0.05, 0) is 49.9 Å². The molecule has 3 atom stereocenters. The minimum absolute atomic E-state index is 0.00674. The van der Waals surface area contributed by atoms with Crippen molar-refractivity contribution in [3.8, 4) is 0 Å². The summed E-state index contributed by atoms with van der Waals surface area (Å²) < 4.78 is 0. The van der Waals surface area contributed by atoms with Crippen LogP contribution in [0.15, 0.2) is 48.5 Å². The van der Waals surface area contributed by atoms with E-state index >= 15 is 0 Å². The Kier molecular flexibility index (Phi) is 8.40. The number of likely N-dealkylation sites (N-methyl/N-ethyl adjacent to an activating group) is 1. The Morgan fingerprint density at radius 1 is 1.03 bits per heavy atom. The molecule has 0 heterocycles. The van der Waals surface area contributed by atoms with Crippen molar-refractivity contribution in [2.45, 2.75) is 52.6 Å². The standard InChI is InChI=1S/C24H33N3O2/c1-6-11-22(20-13-8-7-9-14-20)26-24(29)19(4)27(5)16-23(28)25-21-15-10-12-17(2)18(21)3/h7-10,12-15,19,22H,6,11,16H2,1-5H3,(H,25,28)(H,26,29)/p+1/t19-,22+/m0/s1. The normalized spacial score (nSPS) is 14.0. The van der Waals surface area contributed by atoms with Crippen LogP contribution in [-0.2, 0) is 9.59 Å². The lowest BCUT2D eigenvalue weighted by Gasteiger charge is -2.24. The predicted octanol–water partition coefficient (Wildman–Crippen LogP) is 2.80. The molecule has 0 radical (unpaired) electrons. The summed E-state index contributed by atoms with van der Waals surface area (Å²) in [7, 11) is 1.88. The molecule has 3 N–H and O–H groups in total. The molecule has 0 aromatic heterocycles. The van der Waals surface area contributed by atoms with Crippen molar-refractivity contribution in [1.29, 1.82) is 0 Å². The van der Waals surface area contributed by atoms with Gasteiger partial charge in [-0.15, -0.1) is 0 Å². The summed E-state index contributed by atoms with van der Waals surface area (Å²) >= 11 is 0. The van der Waals surface area contributed by atoms with E-state index in [1.54, 1.807) is 0 Å². The molecular formula is C24H34N3O2+. The fourth-order valence-corrected chi connectivity index (χ4v) is 3.30. The van der Waals surface area contributed by atoms with Gasteiger partial charge in [0, 0.05) is 5.69 Å². The number of benzene rings is 2. The number of quaternary nitrogens is 1. The van der Waals surface area contributed by atoms with Crippen molar-refractivity contribution < 1.29 is 14.5 Å². The van der Waals surface area contributed by atoms with Gasteiger partial charge in [0.1, 0.15) is 0 Å². The fraction of sp³-hybridized carbons (Fsp3) is 0.417. The highest BCUT2D eigenvalue weighted by Gasteiger charge is 2.26. The van der Waals surface area contributed by atoms with E-state index in [1.807, 2.05) is 76.3 Å². The summed E-state index contributed by atoms with van der Waals surface area (Å²) in [6, 6.07) is 15.6. The second kappa shape index (κ2) is 10.8. The number of carbonyl (C=O) groups is 2. The van der Waals surface area contributed by atoms with E-state index in [0.717, 1.165) is 40.1 Å². The maximum Gasteiger partial charge on any atom is 0.279 e. The molecule has 0 bridgehead atoms. The van der Waals surface area contributed by atoms with Crippen LogP contribution >= 0.6 is 0 Å². The fourth-order valence-electron chi connectivity index (χ4n) is 3.30. The summed E-state index contributed by atoms with van der Waals surface area (Å²) in [5.41, 5.74) is 4.14. The third-order valence-electron chi connectivity index (χ3n) is 5.55. The second-order valence-electron chi connectivity index (χ2n) is 7.80. The zero-order valence-corrected chi connectivity index (χ0v) is 18.2. The highest BCUT2D eigenvalue weighted by atomic mass is 16.2. The highest BCUT2D eigenvalue weighted by Crippen LogP contribution is 2.18. The first kappa shape index (κ1) is 22.6. The first-order valence-corrected chi connectivity index (χ1v) is 10.4. The molecule has 5 nitrogen and oxygen atoms in total. The molecule has 2 aromatic carbocycles. The van der Waals surface area contributed by atoms with Crippen LogP contribution in [0.25, 0.3) is 0 Å². The summed E-state index contributed by atoms with van der Waals surface area (Å²) in [5, 5.41) is 6.13. The minimum Gasteiger partial charge on any atom is -0.344 e. The number of hydrogen-bond acceptors (Lipinski definition) is 2. The minimum atomic E-state index is -0.331. The van der Waals surface area contributed by atoms with Crippen LogP contribution in [0, 0.1) is 13.8 Å². The van der Waals surface area contributed by atoms with E-state index < -0.39 is 0 Å². The first-order chi connectivity index (χ1) is 13.8. The van der Waals surface area contributed by atoms with Crippen molar-refractivity contribution in [3.63, 3.8) is 0 Å². The number of hydrogen-bond donors (Lipinski definition) is 3. The van der Waals surface area contributed by atoms with Crippen molar-refractivity contribution in [3.05, 3.63) is 65.2 Å². The van der Waals surface area contributed by atoms with Crippen LogP contribution in [0.1, 0.15) is 49.4 Å². The van der Waals surface area contributed by atoms with Crippen LogP contribution in [0.2, 0.25) is 0 Å². The summed E-state index contributed by atoms with van der Waals surface area (Å²) in [6.07, 6.45) is 1.86. The summed E-state index contributed by atoms with van der Waals surface area (Å²) in [6.45, 7) is 8.22. The number of aryl methyl sites for hydroxylation is 1. The van der Waals surface area contributed by atoms with E-state index in [4.69, 9.17) is 0 Å². The second-order valence-corrected chi connectivity index (χ2v) is 7.80. The molecule has 156 valence electrons. The van der Waals surface area contributed by atoms with E-state index in [1.165, 1.54) is 0 Å². The molecule has 0 fully saturated rings. The van der Waals surface area contributed by atoms with Gasteiger partial charge in [-0.2, -0.15) is 0 Å². The predicted molar refractivity (Wildman–Crippen MR) is 118 cm³/mol.